The molecule has 0 saturated carbocycles. The zero-order chi connectivity index (χ0) is 39.1. The van der Waals surface area contributed by atoms with Gasteiger partial charge in [0.25, 0.3) is 0 Å². The van der Waals surface area contributed by atoms with E-state index in [1.165, 1.54) is 4.90 Å². The number of nitrogens with zero attached hydrogens (tertiary/aromatic N) is 6. The Morgan fingerprint density at radius 2 is 1.18 bits per heavy atom. The fourth-order valence-corrected chi connectivity index (χ4v) is 6.16. The van der Waals surface area contributed by atoms with Crippen LogP contribution in [0, 0.1) is 5.92 Å². The van der Waals surface area contributed by atoms with Crippen LogP contribution in [0.4, 0.5) is 20.3 Å². The molecule has 1 unspecified atom stereocenters. The van der Waals surface area contributed by atoms with Gasteiger partial charge in [-0.2, -0.15) is 0 Å². The number of carbonyl (C=O) groups is 5. The molecule has 2 aliphatic heterocycles. The highest BCUT2D eigenvalue weighted by Crippen LogP contribution is 2.33. The fraction of sp³-hybridized carbons (Fsp3) is 0.300. The summed E-state index contributed by atoms with van der Waals surface area (Å²) in [4.78, 5) is 83.5. The van der Waals surface area contributed by atoms with Crippen LogP contribution in [0.25, 0.3) is 0 Å². The third kappa shape index (κ3) is 10.6. The molecule has 2 aliphatic rings. The highest BCUT2D eigenvalue weighted by atomic mass is 16.6. The lowest BCUT2D eigenvalue weighted by molar-refractivity contribution is -0.171. The van der Waals surface area contributed by atoms with Crippen LogP contribution in [0.5, 0.6) is 0 Å². The van der Waals surface area contributed by atoms with Gasteiger partial charge in [-0.05, 0) is 35.6 Å². The molecule has 0 spiro atoms. The van der Waals surface area contributed by atoms with E-state index >= 15 is 0 Å². The highest BCUT2D eigenvalue weighted by molar-refractivity contribution is 6.08. The molecular formula is C40H42N8O8. The Labute approximate surface area is 323 Å². The number of anilines is 1. The van der Waals surface area contributed by atoms with E-state index in [0.717, 1.165) is 21.6 Å². The third-order valence-corrected chi connectivity index (χ3v) is 9.08. The molecule has 3 heterocycles. The van der Waals surface area contributed by atoms with E-state index in [-0.39, 0.29) is 45.2 Å². The summed E-state index contributed by atoms with van der Waals surface area (Å²) in [6.07, 6.45) is 1.98. The number of rotatable bonds is 12. The lowest BCUT2D eigenvalue weighted by Gasteiger charge is -2.46. The van der Waals surface area contributed by atoms with E-state index in [9.17, 15) is 24.0 Å². The van der Waals surface area contributed by atoms with Crippen LogP contribution in [-0.2, 0) is 43.6 Å². The van der Waals surface area contributed by atoms with Gasteiger partial charge < -0.3 is 24.0 Å². The van der Waals surface area contributed by atoms with Crippen LogP contribution in [0.1, 0.15) is 29.5 Å². The smallest absolute Gasteiger partial charge is 0.414 e. The van der Waals surface area contributed by atoms with Crippen molar-refractivity contribution < 1.29 is 38.2 Å². The van der Waals surface area contributed by atoms with Crippen molar-refractivity contribution in [3.05, 3.63) is 126 Å². The number of aliphatic imine (C=N–C) groups is 1. The number of amides is 5. The van der Waals surface area contributed by atoms with E-state index in [2.05, 4.69) is 25.6 Å². The van der Waals surface area contributed by atoms with E-state index in [4.69, 9.17) is 14.2 Å². The van der Waals surface area contributed by atoms with Crippen LogP contribution in [0.3, 0.4) is 0 Å². The molecule has 2 saturated heterocycles. The summed E-state index contributed by atoms with van der Waals surface area (Å²) in [5.41, 5.74) is 2.27. The molecule has 16 heteroatoms. The number of urea groups is 1. The van der Waals surface area contributed by atoms with E-state index in [0.29, 0.717) is 32.1 Å². The molecule has 16 nitrogen and oxygen atoms in total. The zero-order valence-corrected chi connectivity index (χ0v) is 30.6. The van der Waals surface area contributed by atoms with Gasteiger partial charge in [0.05, 0.1) is 5.92 Å². The predicted octanol–water partition coefficient (Wildman–Crippen LogP) is 4.28. The number of alkyl carbamates (subject to hydrolysis) is 2. The molecule has 290 valence electrons. The van der Waals surface area contributed by atoms with Crippen LogP contribution in [0.2, 0.25) is 0 Å². The molecule has 2 fully saturated rings. The molecule has 0 bridgehead atoms. The van der Waals surface area contributed by atoms with Crippen molar-refractivity contribution >= 4 is 42.0 Å². The number of aromatic nitrogens is 2. The molecule has 0 aliphatic carbocycles. The van der Waals surface area contributed by atoms with Gasteiger partial charge in [0, 0.05) is 45.1 Å². The first kappa shape index (κ1) is 38.9. The lowest BCUT2D eigenvalue weighted by atomic mass is 9.83. The van der Waals surface area contributed by atoms with E-state index in [1.54, 1.807) is 42.7 Å². The minimum Gasteiger partial charge on any atom is -0.459 e. The number of ether oxygens (including phenoxy) is 3. The van der Waals surface area contributed by atoms with Crippen molar-refractivity contribution in [2.24, 2.45) is 10.9 Å². The van der Waals surface area contributed by atoms with Crippen LogP contribution >= 0.6 is 0 Å². The van der Waals surface area contributed by atoms with Crippen molar-refractivity contribution in [3.63, 3.8) is 0 Å². The molecule has 1 aromatic heterocycles. The molecule has 3 aromatic carbocycles. The second-order valence-electron chi connectivity index (χ2n) is 12.9. The third-order valence-electron chi connectivity index (χ3n) is 9.08. The summed E-state index contributed by atoms with van der Waals surface area (Å²) < 4.78 is 16.2. The summed E-state index contributed by atoms with van der Waals surface area (Å²) >= 11 is 0. The molecule has 4 aromatic rings. The van der Waals surface area contributed by atoms with Gasteiger partial charge in [-0.25, -0.2) is 34.0 Å². The molecule has 2 atom stereocenters. The van der Waals surface area contributed by atoms with Gasteiger partial charge in [-0.3, -0.25) is 20.4 Å². The number of imide groups is 1. The quantitative estimate of drug-likeness (QED) is 0.0525. The Bertz CT molecular complexity index is 1900. The number of nitrogens with one attached hydrogen (secondary N) is 2. The second-order valence-corrected chi connectivity index (χ2v) is 12.9. The van der Waals surface area contributed by atoms with E-state index in [1.807, 2.05) is 71.6 Å². The number of esters is 1. The number of likely N-dealkylation sites (tertiary alicyclic amines) is 1. The van der Waals surface area contributed by atoms with E-state index < -0.39 is 42.1 Å². The molecule has 56 heavy (non-hydrogen) atoms. The molecule has 5 amide bonds. The average Bonchev–Trinajstić information content (AvgIpc) is 3.24. The molecular weight excluding hydrogens is 720 g/mol. The van der Waals surface area contributed by atoms with Gasteiger partial charge in [0.1, 0.15) is 19.8 Å². The first-order valence-corrected chi connectivity index (χ1v) is 18.2. The van der Waals surface area contributed by atoms with Gasteiger partial charge in [-0.1, -0.05) is 91.0 Å². The summed E-state index contributed by atoms with van der Waals surface area (Å²) in [6, 6.07) is 27.2. The lowest BCUT2D eigenvalue weighted by Crippen LogP contribution is -2.69. The van der Waals surface area contributed by atoms with Crippen LogP contribution < -0.4 is 15.5 Å². The number of β-lactam (4-membered cyclic amide) rings is 1. The van der Waals surface area contributed by atoms with Crippen molar-refractivity contribution in [2.45, 2.75) is 38.7 Å². The Balaban J connectivity index is 1.08. The number of carbonyl (C=O) groups excluding carboxylic acids is 5. The zero-order valence-electron chi connectivity index (χ0n) is 30.6. The summed E-state index contributed by atoms with van der Waals surface area (Å²) in [7, 11) is 0. The number of benzene rings is 3. The van der Waals surface area contributed by atoms with Gasteiger partial charge in [0.15, 0.2) is 6.04 Å². The highest BCUT2D eigenvalue weighted by Gasteiger charge is 2.56. The minimum absolute atomic E-state index is 0.0176. The maximum atomic E-state index is 13.7. The van der Waals surface area contributed by atoms with Crippen LogP contribution in [0.15, 0.2) is 114 Å². The summed E-state index contributed by atoms with van der Waals surface area (Å²) in [5, 5.41) is 4.88. The Morgan fingerprint density at radius 1 is 0.679 bits per heavy atom. The summed E-state index contributed by atoms with van der Waals surface area (Å²) in [6.45, 7) is 1.47. The number of piperazine rings is 1. The summed E-state index contributed by atoms with van der Waals surface area (Å²) in [5.74, 6) is -1.73. The van der Waals surface area contributed by atoms with Crippen molar-refractivity contribution in [2.75, 3.05) is 37.6 Å². The topological polar surface area (TPSA) is 185 Å². The molecule has 6 rings (SSSR count). The fourth-order valence-electron chi connectivity index (χ4n) is 6.16. The Kier molecular flexibility index (Phi) is 13.5. The maximum absolute atomic E-state index is 13.7. The maximum Gasteiger partial charge on any atom is 0.414 e. The van der Waals surface area contributed by atoms with Crippen molar-refractivity contribution in [3.8, 4) is 0 Å². The average molecular weight is 763 g/mol. The standard InChI is InChI=1S/C40H42N8O8/c49-34-32(18-10-19-41-36(44-38(51)55-27-30-14-6-2-7-15-30)45-39(52)56-28-31-16-8-3-9-17-31)33(35(50)54-26-29-12-4-1-5-13-29)48(34)40(53)47-24-22-46(23-25-47)37-42-20-11-21-43-37/h1-9,11-17,20-21,32-33H,10,18-19,22-28H2,(H2,41,44,45,51,52)/t32-,33?/m1/s1. The largest absolute Gasteiger partial charge is 0.459 e. The van der Waals surface area contributed by atoms with Crippen molar-refractivity contribution in [1.82, 2.24) is 30.4 Å². The van der Waals surface area contributed by atoms with Gasteiger partial charge in [0.2, 0.25) is 17.8 Å². The van der Waals surface area contributed by atoms with Crippen molar-refractivity contribution in [1.29, 1.82) is 0 Å². The van der Waals surface area contributed by atoms with Gasteiger partial charge >= 0.3 is 24.2 Å². The monoisotopic (exact) mass is 762 g/mol. The predicted molar refractivity (Wildman–Crippen MR) is 203 cm³/mol. The van der Waals surface area contributed by atoms with Crippen LogP contribution in [-0.4, -0.2) is 94.6 Å². The Morgan fingerprint density at radius 3 is 1.70 bits per heavy atom. The van der Waals surface area contributed by atoms with Gasteiger partial charge in [-0.15, -0.1) is 0 Å². The SMILES string of the molecule is O=C(NC(=NCCC[C@H]1C(=O)N(C(=O)N2CCN(c3ncccn3)CC2)C1C(=O)OCc1ccccc1)NC(=O)OCc1ccccc1)OCc1ccccc1. The molecule has 2 N–H and O–H groups in total. The number of guanidine groups is 1. The second kappa shape index (κ2) is 19.5. The normalized spacial score (nSPS) is 16.2. The first-order valence-electron chi connectivity index (χ1n) is 18.2. The molecule has 0 radical (unpaired) electrons. The first-order chi connectivity index (χ1) is 27.4. The Hall–Kier alpha value is -6.84. The number of hydrogen-bond donors (Lipinski definition) is 2. The minimum atomic E-state index is -1.14. The number of hydrogen-bond acceptors (Lipinski definition) is 12.